The van der Waals surface area contributed by atoms with Crippen LogP contribution in [0.4, 0.5) is 9.59 Å². The fourth-order valence-corrected chi connectivity index (χ4v) is 1.13. The molecule has 0 spiro atoms. The van der Waals surface area contributed by atoms with Crippen LogP contribution in [-0.4, -0.2) is 24.1 Å². The van der Waals surface area contributed by atoms with Gasteiger partial charge < -0.3 is 20.9 Å². The van der Waals surface area contributed by atoms with Crippen LogP contribution in [0.15, 0.2) is 24.3 Å². The summed E-state index contributed by atoms with van der Waals surface area (Å²) < 4.78 is 8.22. The number of ether oxygens (including phenoxy) is 2. The predicted molar refractivity (Wildman–Crippen MR) is 56.4 cm³/mol. The van der Waals surface area contributed by atoms with Gasteiger partial charge in [-0.25, -0.2) is 19.2 Å². The average molecular weight is 252 g/mol. The molecule has 0 saturated heterocycles. The lowest BCUT2D eigenvalue weighted by Crippen LogP contribution is -2.23. The summed E-state index contributed by atoms with van der Waals surface area (Å²) >= 11 is 0. The molecule has 18 heavy (non-hydrogen) atoms. The number of hydrogen-bond acceptors (Lipinski definition) is 6. The smallest absolute Gasteiger partial charge is 0.373 e. The third-order valence-corrected chi connectivity index (χ3v) is 1.75. The van der Waals surface area contributed by atoms with Crippen LogP contribution < -0.4 is 11.5 Å². The van der Waals surface area contributed by atoms with Crippen LogP contribution >= 0.6 is 0 Å². The molecule has 0 aliphatic carbocycles. The molecule has 0 unspecified atom stereocenters. The third-order valence-electron chi connectivity index (χ3n) is 1.75. The Morgan fingerprint density at radius 1 is 0.778 bits per heavy atom. The van der Waals surface area contributed by atoms with Crippen molar-refractivity contribution in [1.29, 1.82) is 0 Å². The Balaban J connectivity index is 3.06. The molecule has 0 atom stereocenters. The molecule has 0 aliphatic rings. The minimum atomic E-state index is -1.32. The molecule has 0 bridgehead atoms. The molecule has 0 aliphatic heterocycles. The molecule has 8 heteroatoms. The van der Waals surface area contributed by atoms with Crippen molar-refractivity contribution in [2.45, 2.75) is 0 Å². The highest BCUT2D eigenvalue weighted by atomic mass is 16.6. The fraction of sp³-hybridized carbons (Fsp3) is 0. The number of benzene rings is 1. The summed E-state index contributed by atoms with van der Waals surface area (Å²) in [5.74, 6) is -2.28. The summed E-state index contributed by atoms with van der Waals surface area (Å²) in [4.78, 5) is 43.7. The molecule has 0 fully saturated rings. The number of nitrogens with two attached hydrogens (primary N) is 2. The van der Waals surface area contributed by atoms with Crippen LogP contribution in [0.25, 0.3) is 0 Å². The van der Waals surface area contributed by atoms with Crippen molar-refractivity contribution >= 4 is 24.1 Å². The van der Waals surface area contributed by atoms with E-state index in [9.17, 15) is 19.2 Å². The van der Waals surface area contributed by atoms with E-state index in [0.717, 1.165) is 0 Å². The van der Waals surface area contributed by atoms with Crippen molar-refractivity contribution in [2.75, 3.05) is 0 Å². The van der Waals surface area contributed by atoms with Gasteiger partial charge in [0.15, 0.2) is 0 Å². The average Bonchev–Trinajstić information content (AvgIpc) is 2.27. The van der Waals surface area contributed by atoms with Crippen molar-refractivity contribution in [3.05, 3.63) is 35.4 Å². The zero-order valence-corrected chi connectivity index (χ0v) is 8.91. The van der Waals surface area contributed by atoms with Gasteiger partial charge >= 0.3 is 24.1 Å². The van der Waals surface area contributed by atoms with Crippen LogP contribution in [0.1, 0.15) is 20.7 Å². The van der Waals surface area contributed by atoms with Crippen molar-refractivity contribution in [3.63, 3.8) is 0 Å². The number of hydrogen-bond donors (Lipinski definition) is 2. The van der Waals surface area contributed by atoms with Crippen LogP contribution in [0, 0.1) is 0 Å². The van der Waals surface area contributed by atoms with Gasteiger partial charge in [-0.2, -0.15) is 0 Å². The van der Waals surface area contributed by atoms with E-state index in [4.69, 9.17) is 0 Å². The number of carbonyl (C=O) groups excluding carboxylic acids is 4. The van der Waals surface area contributed by atoms with Crippen LogP contribution in [0.2, 0.25) is 0 Å². The van der Waals surface area contributed by atoms with Gasteiger partial charge in [0.1, 0.15) is 0 Å². The Labute approximate surface area is 100 Å². The maximum Gasteiger partial charge on any atom is 0.412 e. The van der Waals surface area contributed by atoms with Crippen LogP contribution in [-0.2, 0) is 9.47 Å². The number of rotatable bonds is 2. The van der Waals surface area contributed by atoms with E-state index in [1.54, 1.807) is 0 Å². The first kappa shape index (κ1) is 13.2. The lowest BCUT2D eigenvalue weighted by Gasteiger charge is -2.05. The quantitative estimate of drug-likeness (QED) is 0.567. The molecule has 0 aromatic heterocycles. The van der Waals surface area contributed by atoms with E-state index in [1.807, 2.05) is 0 Å². The van der Waals surface area contributed by atoms with Gasteiger partial charge in [-0.3, -0.25) is 0 Å². The lowest BCUT2D eigenvalue weighted by atomic mass is 10.1. The number of primary amides is 2. The van der Waals surface area contributed by atoms with E-state index in [-0.39, 0.29) is 11.1 Å². The normalized spacial score (nSPS) is 9.33. The lowest BCUT2D eigenvalue weighted by molar-refractivity contribution is 0.0590. The predicted octanol–water partition coefficient (Wildman–Crippen LogP) is 0.158. The molecule has 2 amide bonds. The molecule has 0 radical (unpaired) electrons. The molecule has 0 saturated carbocycles. The van der Waals surface area contributed by atoms with Gasteiger partial charge in [0, 0.05) is 0 Å². The standard InChI is InChI=1S/C10H8N2O6/c11-9(15)17-7(13)5-3-1-2-4-6(5)8(14)18-10(12)16/h1-4H,(H2,11,15)(H2,12,16). The highest BCUT2D eigenvalue weighted by molar-refractivity contribution is 6.07. The topological polar surface area (TPSA) is 139 Å². The fourth-order valence-electron chi connectivity index (χ4n) is 1.13. The van der Waals surface area contributed by atoms with Crippen molar-refractivity contribution < 1.29 is 28.7 Å². The van der Waals surface area contributed by atoms with E-state index in [0.29, 0.717) is 0 Å². The minimum Gasteiger partial charge on any atom is -0.373 e. The molecule has 1 rings (SSSR count). The van der Waals surface area contributed by atoms with Gasteiger partial charge in [-0.1, -0.05) is 12.1 Å². The summed E-state index contributed by atoms with van der Waals surface area (Å²) in [5.41, 5.74) is 8.78. The molecule has 8 nitrogen and oxygen atoms in total. The number of carbonyl (C=O) groups is 4. The van der Waals surface area contributed by atoms with Crippen molar-refractivity contribution in [3.8, 4) is 0 Å². The Morgan fingerprint density at radius 3 is 1.39 bits per heavy atom. The Hall–Kier alpha value is -2.90. The summed E-state index contributed by atoms with van der Waals surface area (Å²) in [7, 11) is 0. The second kappa shape index (κ2) is 5.43. The maximum absolute atomic E-state index is 11.4. The minimum absolute atomic E-state index is 0.275. The summed E-state index contributed by atoms with van der Waals surface area (Å²) in [6.07, 6.45) is -2.64. The molecule has 94 valence electrons. The SMILES string of the molecule is NC(=O)OC(=O)c1ccccc1C(=O)OC(N)=O. The second-order valence-electron chi connectivity index (χ2n) is 2.96. The molecular weight excluding hydrogens is 244 g/mol. The first-order valence-electron chi connectivity index (χ1n) is 4.54. The van der Waals surface area contributed by atoms with Crippen molar-refractivity contribution in [1.82, 2.24) is 0 Å². The van der Waals surface area contributed by atoms with Gasteiger partial charge in [0.05, 0.1) is 11.1 Å². The molecule has 4 N–H and O–H groups in total. The highest BCUT2D eigenvalue weighted by Crippen LogP contribution is 2.11. The number of amides is 2. The van der Waals surface area contributed by atoms with Crippen molar-refractivity contribution in [2.24, 2.45) is 11.5 Å². The summed E-state index contributed by atoms with van der Waals surface area (Å²) in [6, 6.07) is 5.23. The van der Waals surface area contributed by atoms with Gasteiger partial charge in [0.2, 0.25) is 0 Å². The number of esters is 2. The van der Waals surface area contributed by atoms with E-state index < -0.39 is 24.1 Å². The highest BCUT2D eigenvalue weighted by Gasteiger charge is 2.21. The van der Waals surface area contributed by atoms with Gasteiger partial charge in [-0.15, -0.1) is 0 Å². The van der Waals surface area contributed by atoms with Gasteiger partial charge in [0.25, 0.3) is 0 Å². The molecular formula is C10H8N2O6. The van der Waals surface area contributed by atoms with Crippen LogP contribution in [0.3, 0.4) is 0 Å². The van der Waals surface area contributed by atoms with Crippen LogP contribution in [0.5, 0.6) is 0 Å². The zero-order chi connectivity index (χ0) is 13.7. The summed E-state index contributed by atoms with van der Waals surface area (Å²) in [5, 5.41) is 0. The van der Waals surface area contributed by atoms with Gasteiger partial charge in [-0.05, 0) is 12.1 Å². The Morgan fingerprint density at radius 2 is 1.11 bits per heavy atom. The monoisotopic (exact) mass is 252 g/mol. The first-order valence-corrected chi connectivity index (χ1v) is 4.54. The Kier molecular flexibility index (Phi) is 3.98. The maximum atomic E-state index is 11.4. The van der Waals surface area contributed by atoms with E-state index in [2.05, 4.69) is 20.9 Å². The molecule has 1 aromatic carbocycles. The zero-order valence-electron chi connectivity index (χ0n) is 8.91. The Bertz CT molecular complexity index is 478. The molecule has 1 aromatic rings. The summed E-state index contributed by atoms with van der Waals surface area (Å²) in [6.45, 7) is 0. The van der Waals surface area contributed by atoms with E-state index >= 15 is 0 Å². The molecule has 0 heterocycles. The third kappa shape index (κ3) is 3.30. The first-order chi connectivity index (χ1) is 8.41. The second-order valence-corrected chi connectivity index (χ2v) is 2.96. The largest absolute Gasteiger partial charge is 0.412 e. The van der Waals surface area contributed by atoms with E-state index in [1.165, 1.54) is 24.3 Å².